The number of amides is 1. The molecule has 0 radical (unpaired) electrons. The Labute approximate surface area is 145 Å². The van der Waals surface area contributed by atoms with Crippen LogP contribution in [0.15, 0.2) is 54.9 Å². The van der Waals surface area contributed by atoms with Crippen molar-refractivity contribution in [1.82, 2.24) is 4.98 Å². The van der Waals surface area contributed by atoms with Crippen LogP contribution in [0.25, 0.3) is 21.6 Å². The first kappa shape index (κ1) is 16.2. The highest BCUT2D eigenvalue weighted by Gasteiger charge is 2.14. The average molecular weight is 338 g/mol. The van der Waals surface area contributed by atoms with Gasteiger partial charge in [0, 0.05) is 29.3 Å². The maximum Gasteiger partial charge on any atom is 0.224 e. The zero-order valence-corrected chi connectivity index (χ0v) is 14.4. The Kier molecular flexibility index (Phi) is 4.91. The largest absolute Gasteiger partial charge is 0.497 e. The highest BCUT2D eigenvalue weighted by molar-refractivity contribution is 7.20. The Bertz CT molecular complexity index is 826. The summed E-state index contributed by atoms with van der Waals surface area (Å²) in [7, 11) is 1.65. The van der Waals surface area contributed by atoms with Crippen LogP contribution in [0.2, 0.25) is 0 Å². The summed E-state index contributed by atoms with van der Waals surface area (Å²) in [6.07, 6.45) is 4.01. The summed E-state index contributed by atoms with van der Waals surface area (Å²) in [5, 5.41) is 3.80. The maximum atomic E-state index is 11.7. The molecule has 1 N–H and O–H groups in total. The van der Waals surface area contributed by atoms with Gasteiger partial charge in [-0.3, -0.25) is 9.78 Å². The van der Waals surface area contributed by atoms with Gasteiger partial charge in [-0.1, -0.05) is 19.1 Å². The number of aromatic nitrogens is 1. The fraction of sp³-hybridized carbons (Fsp3) is 0.158. The second-order valence-corrected chi connectivity index (χ2v) is 6.27. The molecule has 0 fully saturated rings. The molecule has 0 saturated carbocycles. The molecule has 2 aromatic heterocycles. The topological polar surface area (TPSA) is 51.2 Å². The molecule has 2 heterocycles. The van der Waals surface area contributed by atoms with Gasteiger partial charge >= 0.3 is 0 Å². The summed E-state index contributed by atoms with van der Waals surface area (Å²) >= 11 is 1.57. The number of thiophene rings is 1. The Hall–Kier alpha value is -2.66. The van der Waals surface area contributed by atoms with E-state index in [-0.39, 0.29) is 5.91 Å². The molecule has 0 aliphatic rings. The number of nitrogens with one attached hydrogen (secondary N) is 1. The normalized spacial score (nSPS) is 10.4. The van der Waals surface area contributed by atoms with E-state index >= 15 is 0 Å². The summed E-state index contributed by atoms with van der Waals surface area (Å²) in [6, 6.07) is 13.9. The molecule has 5 heteroatoms. The minimum atomic E-state index is 0.0128. The Morgan fingerprint density at radius 1 is 1.12 bits per heavy atom. The van der Waals surface area contributed by atoms with Crippen LogP contribution >= 0.6 is 11.3 Å². The van der Waals surface area contributed by atoms with E-state index in [0.29, 0.717) is 6.42 Å². The third-order valence-electron chi connectivity index (χ3n) is 3.66. The lowest BCUT2D eigenvalue weighted by molar-refractivity contribution is -0.115. The van der Waals surface area contributed by atoms with Crippen molar-refractivity contribution >= 4 is 22.2 Å². The van der Waals surface area contributed by atoms with Crippen molar-refractivity contribution in [3.63, 3.8) is 0 Å². The summed E-state index contributed by atoms with van der Waals surface area (Å²) in [4.78, 5) is 16.9. The van der Waals surface area contributed by atoms with Gasteiger partial charge < -0.3 is 10.1 Å². The molecule has 1 aromatic carbocycles. The monoisotopic (exact) mass is 338 g/mol. The van der Waals surface area contributed by atoms with Crippen molar-refractivity contribution in [3.8, 4) is 27.3 Å². The average Bonchev–Trinajstić information content (AvgIpc) is 3.06. The number of ether oxygens (including phenoxy) is 1. The predicted molar refractivity (Wildman–Crippen MR) is 98.5 cm³/mol. The molecule has 4 nitrogen and oxygen atoms in total. The van der Waals surface area contributed by atoms with Crippen molar-refractivity contribution in [2.45, 2.75) is 13.3 Å². The number of anilines is 1. The van der Waals surface area contributed by atoms with Crippen LogP contribution in [0.3, 0.4) is 0 Å². The lowest BCUT2D eigenvalue weighted by Gasteiger charge is -2.05. The van der Waals surface area contributed by atoms with Gasteiger partial charge in [0.1, 0.15) is 5.75 Å². The maximum absolute atomic E-state index is 11.7. The van der Waals surface area contributed by atoms with Crippen molar-refractivity contribution in [3.05, 3.63) is 54.9 Å². The van der Waals surface area contributed by atoms with Gasteiger partial charge in [-0.15, -0.1) is 11.3 Å². The lowest BCUT2D eigenvalue weighted by atomic mass is 10.0. The highest BCUT2D eigenvalue weighted by atomic mass is 32.1. The molecule has 1 amide bonds. The Balaban J connectivity index is 2.06. The molecule has 24 heavy (non-hydrogen) atoms. The van der Waals surface area contributed by atoms with E-state index in [1.165, 1.54) is 0 Å². The molecule has 0 aliphatic heterocycles. The predicted octanol–water partition coefficient (Wildman–Crippen LogP) is 4.83. The van der Waals surface area contributed by atoms with Crippen LogP contribution < -0.4 is 10.1 Å². The fourth-order valence-electron chi connectivity index (χ4n) is 2.38. The van der Waals surface area contributed by atoms with E-state index in [9.17, 15) is 4.79 Å². The molecule has 0 bridgehead atoms. The minimum Gasteiger partial charge on any atom is -0.497 e. The number of hydrogen-bond acceptors (Lipinski definition) is 4. The first-order valence-corrected chi connectivity index (χ1v) is 8.51. The number of rotatable bonds is 5. The summed E-state index contributed by atoms with van der Waals surface area (Å²) in [5.74, 6) is 0.831. The van der Waals surface area contributed by atoms with E-state index in [1.54, 1.807) is 30.8 Å². The summed E-state index contributed by atoms with van der Waals surface area (Å²) < 4.78 is 5.23. The van der Waals surface area contributed by atoms with Gasteiger partial charge in [0.2, 0.25) is 5.91 Å². The van der Waals surface area contributed by atoms with Crippen LogP contribution in [0.1, 0.15) is 13.3 Å². The quantitative estimate of drug-likeness (QED) is 0.724. The molecule has 0 saturated heterocycles. The number of nitrogens with zero attached hydrogens (tertiary/aromatic N) is 1. The number of pyridine rings is 1. The number of benzene rings is 1. The van der Waals surface area contributed by atoms with E-state index in [1.807, 2.05) is 49.4 Å². The fourth-order valence-corrected chi connectivity index (χ4v) is 3.48. The van der Waals surface area contributed by atoms with Crippen LogP contribution in [-0.2, 0) is 4.79 Å². The van der Waals surface area contributed by atoms with E-state index < -0.39 is 0 Å². The highest BCUT2D eigenvalue weighted by Crippen LogP contribution is 2.42. The van der Waals surface area contributed by atoms with Gasteiger partial charge in [-0.25, -0.2) is 0 Å². The standard InChI is InChI=1S/C19H18N2O2S/c1-3-17(22)21-18-12-16(13-4-6-15(23-2)7-5-13)19(24-18)14-8-10-20-11-9-14/h4-12H,3H2,1-2H3,(H,21,22). The van der Waals surface area contributed by atoms with Crippen LogP contribution in [0.5, 0.6) is 5.75 Å². The molecule has 0 spiro atoms. The zero-order chi connectivity index (χ0) is 16.9. The van der Waals surface area contributed by atoms with Crippen LogP contribution in [-0.4, -0.2) is 18.0 Å². The molecule has 3 aromatic rings. The van der Waals surface area contributed by atoms with E-state index in [2.05, 4.69) is 10.3 Å². The summed E-state index contributed by atoms with van der Waals surface area (Å²) in [6.45, 7) is 1.84. The minimum absolute atomic E-state index is 0.0128. The molecular weight excluding hydrogens is 320 g/mol. The molecule has 0 aliphatic carbocycles. The molecular formula is C19H18N2O2S. The van der Waals surface area contributed by atoms with Crippen molar-refractivity contribution in [1.29, 1.82) is 0 Å². The van der Waals surface area contributed by atoms with Crippen molar-refractivity contribution in [2.24, 2.45) is 0 Å². The first-order valence-electron chi connectivity index (χ1n) is 7.69. The van der Waals surface area contributed by atoms with Crippen molar-refractivity contribution < 1.29 is 9.53 Å². The molecule has 0 atom stereocenters. The third kappa shape index (κ3) is 3.46. The van der Waals surface area contributed by atoms with Crippen LogP contribution in [0.4, 0.5) is 5.00 Å². The van der Waals surface area contributed by atoms with Gasteiger partial charge in [-0.05, 0) is 41.5 Å². The number of carbonyl (C=O) groups is 1. The smallest absolute Gasteiger partial charge is 0.224 e. The number of methoxy groups -OCH3 is 1. The Morgan fingerprint density at radius 2 is 1.83 bits per heavy atom. The van der Waals surface area contributed by atoms with Crippen LogP contribution in [0, 0.1) is 0 Å². The Morgan fingerprint density at radius 3 is 2.46 bits per heavy atom. The zero-order valence-electron chi connectivity index (χ0n) is 13.6. The van der Waals surface area contributed by atoms with Gasteiger partial charge in [-0.2, -0.15) is 0 Å². The van der Waals surface area contributed by atoms with Gasteiger partial charge in [0.05, 0.1) is 12.1 Å². The van der Waals surface area contributed by atoms with Gasteiger partial charge in [0.15, 0.2) is 0 Å². The van der Waals surface area contributed by atoms with E-state index in [4.69, 9.17) is 4.74 Å². The van der Waals surface area contributed by atoms with Gasteiger partial charge in [0.25, 0.3) is 0 Å². The third-order valence-corrected chi connectivity index (χ3v) is 4.76. The lowest BCUT2D eigenvalue weighted by Crippen LogP contribution is -2.07. The summed E-state index contributed by atoms with van der Waals surface area (Å²) in [5.41, 5.74) is 3.24. The SMILES string of the molecule is CCC(=O)Nc1cc(-c2ccc(OC)cc2)c(-c2ccncc2)s1. The number of hydrogen-bond donors (Lipinski definition) is 1. The van der Waals surface area contributed by atoms with E-state index in [0.717, 1.165) is 32.3 Å². The number of carbonyl (C=O) groups excluding carboxylic acids is 1. The molecule has 0 unspecified atom stereocenters. The second-order valence-electron chi connectivity index (χ2n) is 5.22. The van der Waals surface area contributed by atoms with Crippen molar-refractivity contribution in [2.75, 3.05) is 12.4 Å². The molecule has 3 rings (SSSR count). The second kappa shape index (κ2) is 7.27. The molecule has 122 valence electrons. The first-order chi connectivity index (χ1) is 11.7.